The van der Waals surface area contributed by atoms with Crippen LogP contribution < -0.4 is 15.4 Å². The summed E-state index contributed by atoms with van der Waals surface area (Å²) in [5.41, 5.74) is 18.1. The lowest BCUT2D eigenvalue weighted by molar-refractivity contribution is 0.483. The van der Waals surface area contributed by atoms with Crippen molar-refractivity contribution in [1.29, 1.82) is 0 Å². The molecule has 5 nitrogen and oxygen atoms in total. The number of nitrogens with one attached hydrogen (secondary N) is 2. The highest BCUT2D eigenvalue weighted by molar-refractivity contribution is 6.09. The molecule has 2 heterocycles. The molecule has 10 rings (SSSR count). The minimum atomic E-state index is -0.0917. The molecule has 10 aromatic rings. The van der Waals surface area contributed by atoms with Crippen LogP contribution in [0.5, 0.6) is 11.5 Å². The number of fused-ring (bicyclic) bond motifs is 3. The molecule has 5 heteroatoms. The lowest BCUT2D eigenvalue weighted by Gasteiger charge is -2.29. The van der Waals surface area contributed by atoms with Gasteiger partial charge in [0.1, 0.15) is 17.3 Å². The van der Waals surface area contributed by atoms with E-state index in [1.165, 1.54) is 49.9 Å². The quantitative estimate of drug-likeness (QED) is 0.128. The number of nitrogens with zero attached hydrogens (tertiary/aromatic N) is 2. The third-order valence-electron chi connectivity index (χ3n) is 14.2. The van der Waals surface area contributed by atoms with Crippen LogP contribution in [0, 0.1) is 5.92 Å². The molecule has 2 aromatic heterocycles. The average molecular weight is 971 g/mol. The number of hydrogen-bond donors (Lipinski definition) is 2. The monoisotopic (exact) mass is 971 g/mol. The van der Waals surface area contributed by atoms with Gasteiger partial charge < -0.3 is 15.4 Å². The van der Waals surface area contributed by atoms with Crippen molar-refractivity contribution >= 4 is 44.6 Å². The minimum absolute atomic E-state index is 0.0418. The zero-order chi connectivity index (χ0) is 51.9. The number of benzene rings is 8. The van der Waals surface area contributed by atoms with Crippen molar-refractivity contribution in [3.63, 3.8) is 0 Å². The van der Waals surface area contributed by atoms with E-state index in [1.807, 2.05) is 18.3 Å². The zero-order valence-electron chi connectivity index (χ0n) is 45.1. The van der Waals surface area contributed by atoms with Crippen LogP contribution in [0.2, 0.25) is 0 Å². The van der Waals surface area contributed by atoms with Crippen LogP contribution in [-0.2, 0) is 22.7 Å². The molecule has 0 amide bonds. The maximum absolute atomic E-state index is 6.78. The summed E-state index contributed by atoms with van der Waals surface area (Å²) >= 11 is 0. The van der Waals surface area contributed by atoms with Crippen LogP contribution in [0.3, 0.4) is 0 Å². The summed E-state index contributed by atoms with van der Waals surface area (Å²) in [6.45, 7) is 25.3. The molecule has 0 saturated carbocycles. The Bertz CT molecular complexity index is 3610. The Morgan fingerprint density at radius 3 is 1.64 bits per heavy atom. The van der Waals surface area contributed by atoms with Crippen molar-refractivity contribution in [1.82, 2.24) is 9.55 Å². The number of aromatic nitrogens is 2. The maximum Gasteiger partial charge on any atom is 0.137 e. The number of ether oxygens (including phenoxy) is 1. The first-order valence-corrected chi connectivity index (χ1v) is 26.3. The first-order chi connectivity index (χ1) is 35.4. The standard InChI is InChI=1S/C69H70N4O/c1-45(2)35-48-38-65(70-44-60(48)47-25-16-13-17-26-47)73-63-32-21-18-29-56(63)57-34-33-55(43-64(57)73)74-54-28-22-27-53(42-54)71-61-30-19-20-31-62(61)72-66-58(46-23-14-12-15-24-46)40-52(69(9,10)11)41-59(66)49-36-50(67(3,4)5)39-51(37-49)68(6,7)8/h12-34,36-45,71-72H,35H2,1-11H3. The highest BCUT2D eigenvalue weighted by Crippen LogP contribution is 2.46. The molecular weight excluding hydrogens is 901 g/mol. The molecule has 0 unspecified atom stereocenters. The highest BCUT2D eigenvalue weighted by Gasteiger charge is 2.26. The molecule has 2 N–H and O–H groups in total. The van der Waals surface area contributed by atoms with Gasteiger partial charge in [-0.25, -0.2) is 4.98 Å². The van der Waals surface area contributed by atoms with Gasteiger partial charge in [-0.1, -0.05) is 191 Å². The molecule has 0 aliphatic carbocycles. The molecular formula is C69H70N4O. The number of hydrogen-bond acceptors (Lipinski definition) is 4. The van der Waals surface area contributed by atoms with Crippen LogP contribution in [0.15, 0.2) is 194 Å². The van der Waals surface area contributed by atoms with Crippen LogP contribution in [0.1, 0.15) is 98.4 Å². The van der Waals surface area contributed by atoms with E-state index in [0.29, 0.717) is 5.92 Å². The molecule has 0 aliphatic rings. The molecule has 0 aliphatic heterocycles. The molecule has 8 aromatic carbocycles. The first-order valence-electron chi connectivity index (χ1n) is 26.3. The van der Waals surface area contributed by atoms with E-state index in [9.17, 15) is 0 Å². The van der Waals surface area contributed by atoms with E-state index in [1.54, 1.807) is 0 Å². The zero-order valence-corrected chi connectivity index (χ0v) is 45.1. The largest absolute Gasteiger partial charge is 0.457 e. The van der Waals surface area contributed by atoms with Crippen molar-refractivity contribution in [2.45, 2.75) is 98.8 Å². The van der Waals surface area contributed by atoms with Crippen molar-refractivity contribution in [3.05, 3.63) is 217 Å². The van der Waals surface area contributed by atoms with Gasteiger partial charge in [0.2, 0.25) is 0 Å². The van der Waals surface area contributed by atoms with E-state index < -0.39 is 0 Å². The van der Waals surface area contributed by atoms with Crippen molar-refractivity contribution in [2.75, 3.05) is 10.6 Å². The fraction of sp³-hybridized carbons (Fsp3) is 0.232. The lowest BCUT2D eigenvalue weighted by atomic mass is 9.77. The number of rotatable bonds is 12. The summed E-state index contributed by atoms with van der Waals surface area (Å²) in [6.07, 6.45) is 2.99. The summed E-state index contributed by atoms with van der Waals surface area (Å²) in [5, 5.41) is 10.2. The summed E-state index contributed by atoms with van der Waals surface area (Å²) < 4.78 is 9.06. The highest BCUT2D eigenvalue weighted by atomic mass is 16.5. The Balaban J connectivity index is 1.02. The Kier molecular flexibility index (Phi) is 13.3. The second-order valence-corrected chi connectivity index (χ2v) is 23.5. The third-order valence-corrected chi connectivity index (χ3v) is 14.2. The predicted molar refractivity (Wildman–Crippen MR) is 315 cm³/mol. The fourth-order valence-corrected chi connectivity index (χ4v) is 10.1. The average Bonchev–Trinajstić information content (AvgIpc) is 3.70. The van der Waals surface area contributed by atoms with Gasteiger partial charge in [0.15, 0.2) is 0 Å². The van der Waals surface area contributed by atoms with E-state index in [-0.39, 0.29) is 16.2 Å². The molecule has 0 spiro atoms. The Hall–Kier alpha value is -7.89. The van der Waals surface area contributed by atoms with Gasteiger partial charge in [-0.05, 0) is 128 Å². The second kappa shape index (κ2) is 19.8. The van der Waals surface area contributed by atoms with Crippen molar-refractivity contribution < 1.29 is 4.74 Å². The Morgan fingerprint density at radius 2 is 1.00 bits per heavy atom. The fourth-order valence-electron chi connectivity index (χ4n) is 10.1. The SMILES string of the molecule is CC(C)Cc1cc(-n2c3ccccc3c3ccc(Oc4cccc(Nc5ccccc5Nc5c(-c6ccccc6)cc(C(C)(C)C)cc5-c5cc(C(C)(C)C)cc(C(C)(C)C)c5)c4)cc32)ncc1-c1ccccc1. The minimum Gasteiger partial charge on any atom is -0.457 e. The van der Waals surface area contributed by atoms with Crippen molar-refractivity contribution in [2.24, 2.45) is 5.92 Å². The number of pyridine rings is 1. The Morgan fingerprint density at radius 1 is 0.459 bits per heavy atom. The summed E-state index contributed by atoms with van der Waals surface area (Å²) in [6, 6.07) is 67.4. The van der Waals surface area contributed by atoms with Gasteiger partial charge in [-0.15, -0.1) is 0 Å². The van der Waals surface area contributed by atoms with Gasteiger partial charge in [0.05, 0.1) is 28.1 Å². The maximum atomic E-state index is 6.78. The second-order valence-electron chi connectivity index (χ2n) is 23.5. The van der Waals surface area contributed by atoms with Crippen molar-refractivity contribution in [3.8, 4) is 50.7 Å². The smallest absolute Gasteiger partial charge is 0.137 e. The molecule has 0 radical (unpaired) electrons. The predicted octanol–water partition coefficient (Wildman–Crippen LogP) is 19.6. The molecule has 0 saturated heterocycles. The number of anilines is 4. The summed E-state index contributed by atoms with van der Waals surface area (Å²) in [4.78, 5) is 5.15. The summed E-state index contributed by atoms with van der Waals surface area (Å²) in [5.74, 6) is 2.85. The summed E-state index contributed by atoms with van der Waals surface area (Å²) in [7, 11) is 0. The number of para-hydroxylation sites is 3. The van der Waals surface area contributed by atoms with E-state index >= 15 is 0 Å². The molecule has 0 atom stereocenters. The lowest BCUT2D eigenvalue weighted by Crippen LogP contribution is -2.17. The van der Waals surface area contributed by atoms with Gasteiger partial charge in [-0.3, -0.25) is 4.57 Å². The van der Waals surface area contributed by atoms with Crippen LogP contribution in [-0.4, -0.2) is 9.55 Å². The van der Waals surface area contributed by atoms with E-state index in [0.717, 1.165) is 74.0 Å². The van der Waals surface area contributed by atoms with E-state index in [4.69, 9.17) is 9.72 Å². The van der Waals surface area contributed by atoms with Gasteiger partial charge in [0.25, 0.3) is 0 Å². The van der Waals surface area contributed by atoms with Crippen LogP contribution in [0.4, 0.5) is 22.7 Å². The molecule has 372 valence electrons. The Labute approximate surface area is 439 Å². The van der Waals surface area contributed by atoms with Crippen LogP contribution in [0.25, 0.3) is 61.0 Å². The first kappa shape index (κ1) is 49.7. The normalized spacial score (nSPS) is 12.2. The topological polar surface area (TPSA) is 51.1 Å². The van der Waals surface area contributed by atoms with Gasteiger partial charge in [-0.2, -0.15) is 0 Å². The molecule has 0 bridgehead atoms. The van der Waals surface area contributed by atoms with Gasteiger partial charge in [0, 0.05) is 51.5 Å². The van der Waals surface area contributed by atoms with Gasteiger partial charge >= 0.3 is 0 Å². The van der Waals surface area contributed by atoms with Crippen LogP contribution >= 0.6 is 0 Å². The third kappa shape index (κ3) is 10.5. The molecule has 0 fully saturated rings. The molecule has 74 heavy (non-hydrogen) atoms. The van der Waals surface area contributed by atoms with E-state index in [2.05, 4.69) is 267 Å².